The molecule has 0 amide bonds. The Morgan fingerprint density at radius 3 is 2.59 bits per heavy atom. The Kier molecular flexibility index (Phi) is 5.26. The summed E-state index contributed by atoms with van der Waals surface area (Å²) in [6, 6.07) is 13.7. The quantitative estimate of drug-likeness (QED) is 0.889. The molecule has 0 saturated carbocycles. The van der Waals surface area contributed by atoms with Crippen molar-refractivity contribution in [1.82, 2.24) is 5.32 Å². The van der Waals surface area contributed by atoms with Gasteiger partial charge in [0.1, 0.15) is 5.82 Å². The van der Waals surface area contributed by atoms with Crippen LogP contribution in [0.1, 0.15) is 41.3 Å². The maximum absolute atomic E-state index is 13.9. The number of benzene rings is 2. The van der Waals surface area contributed by atoms with Crippen molar-refractivity contribution in [3.8, 4) is 6.07 Å². The van der Waals surface area contributed by atoms with Crippen LogP contribution in [0.2, 0.25) is 0 Å². The van der Waals surface area contributed by atoms with Crippen molar-refractivity contribution in [3.05, 3.63) is 70.5 Å². The first-order valence-corrected chi connectivity index (χ1v) is 7.19. The van der Waals surface area contributed by atoms with Crippen LogP contribution in [0.3, 0.4) is 0 Å². The summed E-state index contributed by atoms with van der Waals surface area (Å²) in [6.07, 6.45) is -0.648. The SMILES string of the molecule is Cc1ccccc1C(O)CNC(C)c1ccc(C#N)cc1F. The van der Waals surface area contributed by atoms with Crippen molar-refractivity contribution in [2.24, 2.45) is 0 Å². The monoisotopic (exact) mass is 298 g/mol. The second-order valence-corrected chi connectivity index (χ2v) is 5.35. The lowest BCUT2D eigenvalue weighted by Gasteiger charge is -2.19. The predicted molar refractivity (Wildman–Crippen MR) is 83.7 cm³/mol. The molecular weight excluding hydrogens is 279 g/mol. The summed E-state index contributed by atoms with van der Waals surface area (Å²) < 4.78 is 13.9. The maximum Gasteiger partial charge on any atom is 0.129 e. The highest BCUT2D eigenvalue weighted by atomic mass is 19.1. The molecule has 0 aliphatic rings. The number of nitrogens with zero attached hydrogens (tertiary/aromatic N) is 1. The lowest BCUT2D eigenvalue weighted by molar-refractivity contribution is 0.170. The third kappa shape index (κ3) is 3.70. The summed E-state index contributed by atoms with van der Waals surface area (Å²) in [5, 5.41) is 22.1. The van der Waals surface area contributed by atoms with Gasteiger partial charge in [0.15, 0.2) is 0 Å². The highest BCUT2D eigenvalue weighted by molar-refractivity contribution is 5.34. The first-order valence-electron chi connectivity index (χ1n) is 7.19. The Labute approximate surface area is 130 Å². The summed E-state index contributed by atoms with van der Waals surface area (Å²) in [6.45, 7) is 4.10. The molecule has 0 bridgehead atoms. The second kappa shape index (κ2) is 7.17. The molecule has 0 radical (unpaired) electrons. The van der Waals surface area contributed by atoms with Gasteiger partial charge in [0, 0.05) is 18.2 Å². The van der Waals surface area contributed by atoms with Crippen LogP contribution in [-0.4, -0.2) is 11.7 Å². The highest BCUT2D eigenvalue weighted by Gasteiger charge is 2.15. The number of hydrogen-bond donors (Lipinski definition) is 2. The zero-order valence-corrected chi connectivity index (χ0v) is 12.7. The van der Waals surface area contributed by atoms with E-state index < -0.39 is 11.9 Å². The summed E-state index contributed by atoms with van der Waals surface area (Å²) in [4.78, 5) is 0. The van der Waals surface area contributed by atoms with E-state index in [0.29, 0.717) is 17.7 Å². The number of nitrogens with one attached hydrogen (secondary N) is 1. The van der Waals surface area contributed by atoms with Crippen LogP contribution in [0.25, 0.3) is 0 Å². The molecule has 0 aromatic heterocycles. The molecule has 2 unspecified atom stereocenters. The van der Waals surface area contributed by atoms with Gasteiger partial charge >= 0.3 is 0 Å². The van der Waals surface area contributed by atoms with Crippen molar-refractivity contribution in [2.75, 3.05) is 6.54 Å². The molecule has 0 spiro atoms. The standard InChI is InChI=1S/C18H19FN2O/c1-12-5-3-4-6-15(12)18(22)11-21-13(2)16-8-7-14(10-20)9-17(16)19/h3-9,13,18,21-22H,11H2,1-2H3. The molecule has 0 heterocycles. The van der Waals surface area contributed by atoms with E-state index in [2.05, 4.69) is 5.32 Å². The number of aryl methyl sites for hydroxylation is 1. The van der Waals surface area contributed by atoms with Crippen LogP contribution < -0.4 is 5.32 Å². The lowest BCUT2D eigenvalue weighted by atomic mass is 10.0. The van der Waals surface area contributed by atoms with Gasteiger partial charge in [0.2, 0.25) is 0 Å². The van der Waals surface area contributed by atoms with Crippen LogP contribution in [0, 0.1) is 24.1 Å². The van der Waals surface area contributed by atoms with Crippen LogP contribution >= 0.6 is 0 Å². The molecule has 0 aliphatic heterocycles. The van der Waals surface area contributed by atoms with Crippen LogP contribution in [0.15, 0.2) is 42.5 Å². The summed E-state index contributed by atoms with van der Waals surface area (Å²) >= 11 is 0. The molecule has 2 atom stereocenters. The molecule has 114 valence electrons. The Morgan fingerprint density at radius 1 is 1.23 bits per heavy atom. The van der Waals surface area contributed by atoms with Crippen molar-refractivity contribution < 1.29 is 9.50 Å². The van der Waals surface area contributed by atoms with Gasteiger partial charge in [0.25, 0.3) is 0 Å². The van der Waals surface area contributed by atoms with Crippen LogP contribution in [0.4, 0.5) is 4.39 Å². The minimum absolute atomic E-state index is 0.258. The van der Waals surface area contributed by atoms with Gasteiger partial charge in [-0.25, -0.2) is 4.39 Å². The highest BCUT2D eigenvalue weighted by Crippen LogP contribution is 2.20. The van der Waals surface area contributed by atoms with Crippen molar-refractivity contribution in [2.45, 2.75) is 26.0 Å². The topological polar surface area (TPSA) is 56.0 Å². The molecule has 3 nitrogen and oxygen atoms in total. The molecule has 0 fully saturated rings. The molecule has 2 aromatic carbocycles. The minimum Gasteiger partial charge on any atom is -0.387 e. The fourth-order valence-electron chi connectivity index (χ4n) is 2.42. The summed E-state index contributed by atoms with van der Waals surface area (Å²) in [7, 11) is 0. The van der Waals surface area contributed by atoms with E-state index >= 15 is 0 Å². The van der Waals surface area contributed by atoms with Gasteiger partial charge in [0.05, 0.1) is 17.7 Å². The normalized spacial score (nSPS) is 13.4. The number of nitriles is 1. The van der Waals surface area contributed by atoms with Gasteiger partial charge in [-0.2, -0.15) is 5.26 Å². The lowest BCUT2D eigenvalue weighted by Crippen LogP contribution is -2.25. The van der Waals surface area contributed by atoms with E-state index in [1.54, 1.807) is 12.1 Å². The molecule has 0 aliphatic carbocycles. The first kappa shape index (κ1) is 16.2. The van der Waals surface area contributed by atoms with E-state index in [9.17, 15) is 9.50 Å². The molecule has 0 saturated heterocycles. The zero-order chi connectivity index (χ0) is 16.1. The maximum atomic E-state index is 13.9. The Morgan fingerprint density at radius 2 is 1.95 bits per heavy atom. The predicted octanol–water partition coefficient (Wildman–Crippen LogP) is 3.39. The Bertz CT molecular complexity index is 694. The smallest absolute Gasteiger partial charge is 0.129 e. The fourth-order valence-corrected chi connectivity index (χ4v) is 2.42. The molecular formula is C18H19FN2O. The number of aliphatic hydroxyl groups excluding tert-OH is 1. The van der Waals surface area contributed by atoms with Gasteiger partial charge < -0.3 is 10.4 Å². The van der Waals surface area contributed by atoms with Crippen LogP contribution in [-0.2, 0) is 0 Å². The van der Waals surface area contributed by atoms with Gasteiger partial charge in [-0.15, -0.1) is 0 Å². The number of rotatable bonds is 5. The number of aliphatic hydroxyl groups is 1. The van der Waals surface area contributed by atoms with Gasteiger partial charge in [-0.3, -0.25) is 0 Å². The summed E-state index contributed by atoms with van der Waals surface area (Å²) in [5.74, 6) is -0.413. The fraction of sp³-hybridized carbons (Fsp3) is 0.278. The second-order valence-electron chi connectivity index (χ2n) is 5.35. The third-order valence-corrected chi connectivity index (χ3v) is 3.76. The van der Waals surface area contributed by atoms with Gasteiger partial charge in [-0.1, -0.05) is 30.3 Å². The number of halogens is 1. The van der Waals surface area contributed by atoms with Crippen molar-refractivity contribution in [3.63, 3.8) is 0 Å². The first-order chi connectivity index (χ1) is 10.5. The number of hydrogen-bond acceptors (Lipinski definition) is 3. The molecule has 22 heavy (non-hydrogen) atoms. The molecule has 4 heteroatoms. The largest absolute Gasteiger partial charge is 0.387 e. The third-order valence-electron chi connectivity index (χ3n) is 3.76. The molecule has 2 aromatic rings. The average Bonchev–Trinajstić information content (AvgIpc) is 2.52. The van der Waals surface area contributed by atoms with E-state index in [1.165, 1.54) is 6.07 Å². The van der Waals surface area contributed by atoms with Gasteiger partial charge in [-0.05, 0) is 37.1 Å². The minimum atomic E-state index is -0.648. The zero-order valence-electron chi connectivity index (χ0n) is 12.7. The average molecular weight is 298 g/mol. The van der Waals surface area contributed by atoms with Crippen molar-refractivity contribution >= 4 is 0 Å². The molecule has 2 N–H and O–H groups in total. The Hall–Kier alpha value is -2.22. The summed E-state index contributed by atoms with van der Waals surface area (Å²) in [5.41, 5.74) is 2.67. The molecule has 2 rings (SSSR count). The van der Waals surface area contributed by atoms with E-state index in [4.69, 9.17) is 5.26 Å². The van der Waals surface area contributed by atoms with Crippen molar-refractivity contribution in [1.29, 1.82) is 5.26 Å². The Balaban J connectivity index is 2.02. The van der Waals surface area contributed by atoms with E-state index in [-0.39, 0.29) is 6.04 Å². The van der Waals surface area contributed by atoms with E-state index in [1.807, 2.05) is 44.2 Å². The van der Waals surface area contributed by atoms with E-state index in [0.717, 1.165) is 11.1 Å². The van der Waals surface area contributed by atoms with Crippen LogP contribution in [0.5, 0.6) is 0 Å².